The van der Waals surface area contributed by atoms with Crippen LogP contribution in [-0.2, 0) is 9.36 Å². The van der Waals surface area contributed by atoms with E-state index in [9.17, 15) is 9.36 Å². The summed E-state index contributed by atoms with van der Waals surface area (Å²) in [6.07, 6.45) is 6.62. The molecule has 0 saturated carbocycles. The third-order valence-electron chi connectivity index (χ3n) is 7.15. The van der Waals surface area contributed by atoms with E-state index in [1.165, 1.54) is 19.0 Å². The molecule has 0 radical (unpaired) electrons. The van der Waals surface area contributed by atoms with Crippen molar-refractivity contribution in [2.45, 2.75) is 39.0 Å². The Labute approximate surface area is 248 Å². The standard InChI is InChI=1S/C30H40ClN6O3P/c1-5-6-7-8-13-28(38)37-18-16-36(17-19-37)22-14-15-24(26(20-22)40-2)34-30-32-21-23(31)29(35-30)33-25-11-9-10-12-27(25)41(3,4)39/h9-12,14-15,20-21H,5-8,13,16-19H2,1-4H3,(H2,32,33,34,35). The highest BCUT2D eigenvalue weighted by molar-refractivity contribution is 7.70. The minimum Gasteiger partial charge on any atom is -0.494 e. The van der Waals surface area contributed by atoms with E-state index in [2.05, 4.69) is 32.4 Å². The molecule has 11 heteroatoms. The Kier molecular flexibility index (Phi) is 10.5. The molecule has 2 heterocycles. The van der Waals surface area contributed by atoms with E-state index < -0.39 is 7.14 Å². The summed E-state index contributed by atoms with van der Waals surface area (Å²) in [5.74, 6) is 1.64. The molecule has 0 aliphatic carbocycles. The van der Waals surface area contributed by atoms with Crippen LogP contribution in [0.1, 0.15) is 39.0 Å². The number of anilines is 5. The van der Waals surface area contributed by atoms with Gasteiger partial charge in [0.1, 0.15) is 17.9 Å². The molecule has 0 unspecified atom stereocenters. The number of unbranched alkanes of at least 4 members (excludes halogenated alkanes) is 3. The van der Waals surface area contributed by atoms with Crippen LogP contribution in [-0.4, -0.2) is 67.4 Å². The lowest BCUT2D eigenvalue weighted by atomic mass is 10.1. The van der Waals surface area contributed by atoms with Crippen LogP contribution in [0.25, 0.3) is 0 Å². The first kappa shape index (κ1) is 30.7. The predicted octanol–water partition coefficient (Wildman–Crippen LogP) is 6.49. The average molecular weight is 599 g/mol. The van der Waals surface area contributed by atoms with Crippen molar-refractivity contribution in [1.29, 1.82) is 0 Å². The van der Waals surface area contributed by atoms with Gasteiger partial charge in [-0.1, -0.05) is 49.9 Å². The highest BCUT2D eigenvalue weighted by atomic mass is 35.5. The van der Waals surface area contributed by atoms with Crippen LogP contribution < -0.4 is 25.6 Å². The zero-order chi connectivity index (χ0) is 29.4. The molecule has 3 aromatic rings. The van der Waals surface area contributed by atoms with Crippen molar-refractivity contribution in [3.05, 3.63) is 53.7 Å². The summed E-state index contributed by atoms with van der Waals surface area (Å²) in [5, 5.41) is 7.51. The number of nitrogens with zero attached hydrogens (tertiary/aromatic N) is 4. The fourth-order valence-electron chi connectivity index (χ4n) is 4.87. The van der Waals surface area contributed by atoms with Crippen molar-refractivity contribution in [3.63, 3.8) is 0 Å². The summed E-state index contributed by atoms with van der Waals surface area (Å²) in [5.41, 5.74) is 2.42. The molecular weight excluding hydrogens is 559 g/mol. The molecule has 0 spiro atoms. The maximum atomic E-state index is 12.8. The van der Waals surface area contributed by atoms with Crippen molar-refractivity contribution >= 4 is 58.8 Å². The van der Waals surface area contributed by atoms with Gasteiger partial charge in [0, 0.05) is 49.7 Å². The lowest BCUT2D eigenvalue weighted by Gasteiger charge is -2.36. The highest BCUT2D eigenvalue weighted by Gasteiger charge is 2.22. The van der Waals surface area contributed by atoms with E-state index >= 15 is 0 Å². The fourth-order valence-corrected chi connectivity index (χ4v) is 6.16. The lowest BCUT2D eigenvalue weighted by Crippen LogP contribution is -2.48. The predicted molar refractivity (Wildman–Crippen MR) is 170 cm³/mol. The van der Waals surface area contributed by atoms with Crippen LogP contribution in [0.2, 0.25) is 5.02 Å². The number of hydrogen-bond acceptors (Lipinski definition) is 8. The van der Waals surface area contributed by atoms with Gasteiger partial charge in [-0.25, -0.2) is 4.98 Å². The molecule has 1 aliphatic heterocycles. The summed E-state index contributed by atoms with van der Waals surface area (Å²) < 4.78 is 18.5. The molecule has 4 rings (SSSR count). The average Bonchev–Trinajstić information content (AvgIpc) is 2.97. The second kappa shape index (κ2) is 14.1. The van der Waals surface area contributed by atoms with E-state index in [1.54, 1.807) is 20.4 Å². The number of methoxy groups -OCH3 is 1. The Morgan fingerprint density at radius 1 is 1.02 bits per heavy atom. The number of halogens is 1. The highest BCUT2D eigenvalue weighted by Crippen LogP contribution is 2.39. The zero-order valence-corrected chi connectivity index (χ0v) is 26.0. The molecule has 1 saturated heterocycles. The van der Waals surface area contributed by atoms with Gasteiger partial charge in [0.15, 0.2) is 5.82 Å². The first-order chi connectivity index (χ1) is 19.7. The minimum atomic E-state index is -2.52. The molecule has 2 N–H and O–H groups in total. The van der Waals surface area contributed by atoms with Gasteiger partial charge in [0.05, 0.1) is 24.7 Å². The number of rotatable bonds is 12. The lowest BCUT2D eigenvalue weighted by molar-refractivity contribution is -0.131. The molecule has 1 aliphatic rings. The number of carbonyl (C=O) groups excluding carboxylic acids is 1. The summed E-state index contributed by atoms with van der Waals surface area (Å²) >= 11 is 6.41. The first-order valence-corrected chi connectivity index (χ1v) is 17.1. The van der Waals surface area contributed by atoms with E-state index in [4.69, 9.17) is 16.3 Å². The quantitative estimate of drug-likeness (QED) is 0.180. The molecule has 2 aromatic carbocycles. The number of para-hydroxylation sites is 1. The van der Waals surface area contributed by atoms with Crippen LogP contribution >= 0.6 is 18.7 Å². The Hall–Kier alpha value is -3.29. The fraction of sp³-hybridized carbons (Fsp3) is 0.433. The van der Waals surface area contributed by atoms with E-state index in [0.717, 1.165) is 50.0 Å². The number of piperazine rings is 1. The monoisotopic (exact) mass is 598 g/mol. The van der Waals surface area contributed by atoms with Crippen molar-refractivity contribution in [3.8, 4) is 5.75 Å². The number of ether oxygens (including phenoxy) is 1. The minimum absolute atomic E-state index is 0.261. The van der Waals surface area contributed by atoms with Crippen LogP contribution in [0.5, 0.6) is 5.75 Å². The SMILES string of the molecule is CCCCCCC(=O)N1CCN(c2ccc(Nc3ncc(Cl)c(Nc4ccccc4P(C)(C)=O)n3)c(OC)c2)CC1. The smallest absolute Gasteiger partial charge is 0.229 e. The number of carbonyl (C=O) groups is 1. The maximum absolute atomic E-state index is 12.8. The van der Waals surface area contributed by atoms with Gasteiger partial charge in [-0.15, -0.1) is 0 Å². The number of amides is 1. The van der Waals surface area contributed by atoms with Crippen molar-refractivity contribution in [2.24, 2.45) is 0 Å². The third kappa shape index (κ3) is 8.14. The number of hydrogen-bond donors (Lipinski definition) is 2. The summed E-state index contributed by atoms with van der Waals surface area (Å²) in [6.45, 7) is 8.63. The normalized spacial score (nSPS) is 13.7. The Bertz CT molecular complexity index is 1390. The molecule has 9 nitrogen and oxygen atoms in total. The number of benzene rings is 2. The Morgan fingerprint density at radius 3 is 2.49 bits per heavy atom. The molecule has 1 amide bonds. The van der Waals surface area contributed by atoms with Gasteiger partial charge in [-0.2, -0.15) is 4.98 Å². The summed E-state index contributed by atoms with van der Waals surface area (Å²) in [4.78, 5) is 25.7. The summed E-state index contributed by atoms with van der Waals surface area (Å²) in [7, 11) is -0.897. The largest absolute Gasteiger partial charge is 0.494 e. The van der Waals surface area contributed by atoms with E-state index in [-0.39, 0.29) is 5.91 Å². The van der Waals surface area contributed by atoms with Crippen LogP contribution in [0.3, 0.4) is 0 Å². The van der Waals surface area contributed by atoms with Gasteiger partial charge in [-0.3, -0.25) is 4.79 Å². The topological polar surface area (TPSA) is 99.7 Å². The van der Waals surface area contributed by atoms with Gasteiger partial charge in [-0.05, 0) is 44.0 Å². The zero-order valence-electron chi connectivity index (χ0n) is 24.3. The van der Waals surface area contributed by atoms with Gasteiger partial charge < -0.3 is 29.7 Å². The van der Waals surface area contributed by atoms with Crippen molar-refractivity contribution in [1.82, 2.24) is 14.9 Å². The van der Waals surface area contributed by atoms with E-state index in [1.807, 2.05) is 47.4 Å². The molecular formula is C30H40ClN6O3P. The van der Waals surface area contributed by atoms with E-state index in [0.29, 0.717) is 40.3 Å². The number of aromatic nitrogens is 2. The van der Waals surface area contributed by atoms with Crippen LogP contribution in [0.15, 0.2) is 48.7 Å². The second-order valence-corrected chi connectivity index (χ2v) is 14.2. The van der Waals surface area contributed by atoms with Crippen LogP contribution in [0, 0.1) is 0 Å². The van der Waals surface area contributed by atoms with Gasteiger partial charge in [0.2, 0.25) is 11.9 Å². The summed E-state index contributed by atoms with van der Waals surface area (Å²) in [6, 6.07) is 13.4. The van der Waals surface area contributed by atoms with Gasteiger partial charge >= 0.3 is 0 Å². The molecule has 41 heavy (non-hydrogen) atoms. The molecule has 1 fully saturated rings. The molecule has 1 aromatic heterocycles. The Balaban J connectivity index is 1.42. The maximum Gasteiger partial charge on any atom is 0.229 e. The molecule has 0 bridgehead atoms. The molecule has 0 atom stereocenters. The Morgan fingerprint density at radius 2 is 1.78 bits per heavy atom. The second-order valence-electron chi connectivity index (χ2n) is 10.6. The van der Waals surface area contributed by atoms with Crippen LogP contribution in [0.4, 0.5) is 28.8 Å². The first-order valence-electron chi connectivity index (χ1n) is 14.1. The van der Waals surface area contributed by atoms with Crippen molar-refractivity contribution < 1.29 is 14.1 Å². The van der Waals surface area contributed by atoms with Crippen molar-refractivity contribution in [2.75, 3.05) is 62.2 Å². The molecule has 220 valence electrons. The van der Waals surface area contributed by atoms with Gasteiger partial charge in [0.25, 0.3) is 0 Å². The number of nitrogens with one attached hydrogen (secondary N) is 2. The third-order valence-corrected chi connectivity index (χ3v) is 8.98.